The van der Waals surface area contributed by atoms with Gasteiger partial charge in [-0.25, -0.2) is 0 Å². The molecule has 1 atom stereocenters. The van der Waals surface area contributed by atoms with Crippen LogP contribution in [0, 0.1) is 0 Å². The summed E-state index contributed by atoms with van der Waals surface area (Å²) in [5.41, 5.74) is 0. The third-order valence-corrected chi connectivity index (χ3v) is 10.1. The van der Waals surface area contributed by atoms with Crippen LogP contribution in [0.2, 0.25) is 0 Å². The van der Waals surface area contributed by atoms with Gasteiger partial charge in [0.1, 0.15) is 13.2 Å². The van der Waals surface area contributed by atoms with Crippen LogP contribution >= 0.6 is 0 Å². The minimum atomic E-state index is -0.788. The maximum Gasteiger partial charge on any atom is 0.306 e. The zero-order valence-corrected chi connectivity index (χ0v) is 36.9. The quantitative estimate of drug-likeness (QED) is 0.0265. The maximum atomic E-state index is 12.7. The molecule has 6 heteroatoms. The topological polar surface area (TPSA) is 78.9 Å². The Morgan fingerprint density at radius 2 is 0.696 bits per heavy atom. The molecule has 1 unspecified atom stereocenters. The summed E-state index contributed by atoms with van der Waals surface area (Å²) in [6.07, 6.45) is 52.6. The second kappa shape index (κ2) is 45.1. The van der Waals surface area contributed by atoms with Crippen molar-refractivity contribution in [3.8, 4) is 0 Å². The van der Waals surface area contributed by atoms with Gasteiger partial charge in [-0.1, -0.05) is 191 Å². The van der Waals surface area contributed by atoms with Crippen LogP contribution in [0.5, 0.6) is 0 Å². The SMILES string of the molecule is CC/C=C\C/C=C\CCCCCCCC(=O)OC(COC(=O)CCCC/C=C\C/C=C\CC)COC(=O)CCCCCCCCCCCCCCCCCCC. The minimum Gasteiger partial charge on any atom is -0.462 e. The molecule has 0 aliphatic carbocycles. The normalized spacial score (nSPS) is 12.4. The molecule has 0 fully saturated rings. The largest absolute Gasteiger partial charge is 0.462 e. The average Bonchev–Trinajstić information content (AvgIpc) is 3.19. The summed E-state index contributed by atoms with van der Waals surface area (Å²) in [5.74, 6) is -0.939. The standard InChI is InChI=1S/C50H88O6/c1-4-7-10-13-16-19-21-23-24-25-26-27-29-31-34-37-40-43-49(52)55-46-47(45-54-48(51)42-39-36-33-30-18-15-12-9-6-3)56-50(53)44-41-38-35-32-28-22-20-17-14-11-8-5-2/h8-9,11-12,17-18,20,30,47H,4-7,10,13-16,19,21-29,31-46H2,1-3H3/b11-8-,12-9-,20-17-,30-18-. The summed E-state index contributed by atoms with van der Waals surface area (Å²) < 4.78 is 16.7. The highest BCUT2D eigenvalue weighted by Crippen LogP contribution is 2.15. The lowest BCUT2D eigenvalue weighted by atomic mass is 10.0. The van der Waals surface area contributed by atoms with Crippen LogP contribution in [-0.4, -0.2) is 37.2 Å². The van der Waals surface area contributed by atoms with Crippen LogP contribution in [0.15, 0.2) is 48.6 Å². The molecule has 324 valence electrons. The lowest BCUT2D eigenvalue weighted by molar-refractivity contribution is -0.167. The van der Waals surface area contributed by atoms with E-state index in [9.17, 15) is 14.4 Å². The monoisotopic (exact) mass is 785 g/mol. The molecule has 0 spiro atoms. The molecule has 0 bridgehead atoms. The molecular formula is C50H88O6. The number of hydrogen-bond donors (Lipinski definition) is 0. The Morgan fingerprint density at radius 3 is 1.11 bits per heavy atom. The van der Waals surface area contributed by atoms with Gasteiger partial charge in [-0.15, -0.1) is 0 Å². The lowest BCUT2D eigenvalue weighted by Gasteiger charge is -2.18. The Bertz CT molecular complexity index is 996. The van der Waals surface area contributed by atoms with Crippen LogP contribution in [0.1, 0.15) is 233 Å². The Kier molecular flexibility index (Phi) is 43.0. The molecule has 0 rings (SSSR count). The third-order valence-electron chi connectivity index (χ3n) is 10.1. The molecule has 0 amide bonds. The summed E-state index contributed by atoms with van der Waals surface area (Å²) in [6.45, 7) is 6.36. The van der Waals surface area contributed by atoms with Crippen LogP contribution in [0.3, 0.4) is 0 Å². The molecule has 0 aromatic rings. The second-order valence-corrected chi connectivity index (χ2v) is 15.6. The van der Waals surface area contributed by atoms with E-state index in [0.717, 1.165) is 103 Å². The van der Waals surface area contributed by atoms with Crippen molar-refractivity contribution in [1.82, 2.24) is 0 Å². The van der Waals surface area contributed by atoms with E-state index in [1.807, 2.05) is 0 Å². The Hall–Kier alpha value is -2.63. The Morgan fingerprint density at radius 1 is 0.375 bits per heavy atom. The fourth-order valence-corrected chi connectivity index (χ4v) is 6.58. The number of carbonyl (C=O) groups is 3. The first kappa shape index (κ1) is 53.4. The summed E-state index contributed by atoms with van der Waals surface area (Å²) >= 11 is 0. The van der Waals surface area contributed by atoms with Crippen LogP contribution in [0.25, 0.3) is 0 Å². The first-order valence-electron chi connectivity index (χ1n) is 23.6. The minimum absolute atomic E-state index is 0.0875. The molecule has 0 aromatic carbocycles. The smallest absolute Gasteiger partial charge is 0.306 e. The molecule has 56 heavy (non-hydrogen) atoms. The molecular weight excluding hydrogens is 697 g/mol. The van der Waals surface area contributed by atoms with Gasteiger partial charge in [-0.3, -0.25) is 14.4 Å². The number of rotatable bonds is 42. The first-order valence-corrected chi connectivity index (χ1v) is 23.6. The number of esters is 3. The van der Waals surface area contributed by atoms with Crippen molar-refractivity contribution in [1.29, 1.82) is 0 Å². The van der Waals surface area contributed by atoms with E-state index in [-0.39, 0.29) is 31.1 Å². The van der Waals surface area contributed by atoms with E-state index >= 15 is 0 Å². The summed E-state index contributed by atoms with van der Waals surface area (Å²) in [4.78, 5) is 37.7. The highest BCUT2D eigenvalue weighted by Gasteiger charge is 2.19. The molecule has 0 N–H and O–H groups in total. The lowest BCUT2D eigenvalue weighted by Crippen LogP contribution is -2.30. The number of hydrogen-bond acceptors (Lipinski definition) is 6. The second-order valence-electron chi connectivity index (χ2n) is 15.6. The maximum absolute atomic E-state index is 12.7. The molecule has 6 nitrogen and oxygen atoms in total. The highest BCUT2D eigenvalue weighted by atomic mass is 16.6. The van der Waals surface area contributed by atoms with Crippen molar-refractivity contribution in [2.75, 3.05) is 13.2 Å². The van der Waals surface area contributed by atoms with Crippen LogP contribution in [0.4, 0.5) is 0 Å². The fourth-order valence-electron chi connectivity index (χ4n) is 6.58. The first-order chi connectivity index (χ1) is 27.5. The van der Waals surface area contributed by atoms with Crippen molar-refractivity contribution >= 4 is 17.9 Å². The van der Waals surface area contributed by atoms with Gasteiger partial charge in [0.05, 0.1) is 0 Å². The highest BCUT2D eigenvalue weighted by molar-refractivity contribution is 5.71. The van der Waals surface area contributed by atoms with E-state index in [0.29, 0.717) is 19.3 Å². The van der Waals surface area contributed by atoms with Crippen LogP contribution in [-0.2, 0) is 28.6 Å². The van der Waals surface area contributed by atoms with Gasteiger partial charge >= 0.3 is 17.9 Å². The number of allylic oxidation sites excluding steroid dienone is 8. The van der Waals surface area contributed by atoms with E-state index in [1.54, 1.807) is 0 Å². The van der Waals surface area contributed by atoms with E-state index in [4.69, 9.17) is 14.2 Å². The van der Waals surface area contributed by atoms with Gasteiger partial charge in [0.15, 0.2) is 6.10 Å². The number of ether oxygens (including phenoxy) is 3. The predicted octanol–water partition coefficient (Wildman–Crippen LogP) is 15.1. The van der Waals surface area contributed by atoms with Gasteiger partial charge in [0.25, 0.3) is 0 Å². The van der Waals surface area contributed by atoms with E-state index in [1.165, 1.54) is 89.9 Å². The van der Waals surface area contributed by atoms with E-state index in [2.05, 4.69) is 69.4 Å². The third kappa shape index (κ3) is 42.5. The molecule has 0 radical (unpaired) electrons. The Balaban J connectivity index is 4.32. The molecule has 0 heterocycles. The molecule has 0 aliphatic rings. The summed E-state index contributed by atoms with van der Waals surface area (Å²) in [5, 5.41) is 0. The van der Waals surface area contributed by atoms with Gasteiger partial charge in [0.2, 0.25) is 0 Å². The number of unbranched alkanes of at least 4 members (excludes halogenated alkanes) is 23. The summed E-state index contributed by atoms with van der Waals surface area (Å²) in [7, 11) is 0. The zero-order chi connectivity index (χ0) is 40.8. The predicted molar refractivity (Wildman–Crippen MR) is 238 cm³/mol. The average molecular weight is 785 g/mol. The van der Waals surface area contributed by atoms with Crippen molar-refractivity contribution in [3.63, 3.8) is 0 Å². The molecule has 0 aromatic heterocycles. The van der Waals surface area contributed by atoms with E-state index < -0.39 is 6.10 Å². The zero-order valence-electron chi connectivity index (χ0n) is 36.9. The van der Waals surface area contributed by atoms with Crippen molar-refractivity contribution in [2.45, 2.75) is 239 Å². The molecule has 0 saturated carbocycles. The van der Waals surface area contributed by atoms with Gasteiger partial charge < -0.3 is 14.2 Å². The molecule has 0 aliphatic heterocycles. The van der Waals surface area contributed by atoms with Crippen molar-refractivity contribution in [3.05, 3.63) is 48.6 Å². The number of carbonyl (C=O) groups excluding carboxylic acids is 3. The Labute approximate surface area is 346 Å². The molecule has 0 saturated heterocycles. The van der Waals surface area contributed by atoms with Crippen molar-refractivity contribution in [2.24, 2.45) is 0 Å². The van der Waals surface area contributed by atoms with Crippen LogP contribution < -0.4 is 0 Å². The fraction of sp³-hybridized carbons (Fsp3) is 0.780. The van der Waals surface area contributed by atoms with Crippen molar-refractivity contribution < 1.29 is 28.6 Å². The van der Waals surface area contributed by atoms with Gasteiger partial charge in [-0.2, -0.15) is 0 Å². The van der Waals surface area contributed by atoms with Gasteiger partial charge in [0, 0.05) is 19.3 Å². The van der Waals surface area contributed by atoms with Gasteiger partial charge in [-0.05, 0) is 70.6 Å². The summed E-state index contributed by atoms with van der Waals surface area (Å²) in [6, 6.07) is 0.